The van der Waals surface area contributed by atoms with Crippen molar-refractivity contribution in [3.63, 3.8) is 0 Å². The highest BCUT2D eigenvalue weighted by Crippen LogP contribution is 2.32. The van der Waals surface area contributed by atoms with Crippen LogP contribution in [0, 0.1) is 0 Å². The van der Waals surface area contributed by atoms with Crippen molar-refractivity contribution in [1.82, 2.24) is 5.32 Å². The third kappa shape index (κ3) is 3.10. The fourth-order valence-electron chi connectivity index (χ4n) is 1.80. The molecule has 0 bridgehead atoms. The molecule has 0 aliphatic rings. The monoisotopic (exact) mass is 285 g/mol. The van der Waals surface area contributed by atoms with Gasteiger partial charge in [0, 0.05) is 27.1 Å². The Bertz CT molecular complexity index is 475. The van der Waals surface area contributed by atoms with Crippen molar-refractivity contribution in [2.45, 2.75) is 25.8 Å². The number of hydrogen-bond donors (Lipinski definition) is 1. The van der Waals surface area contributed by atoms with E-state index in [0.717, 1.165) is 17.9 Å². The third-order valence-electron chi connectivity index (χ3n) is 2.78. The quantitative estimate of drug-likeness (QED) is 0.851. The molecule has 0 radical (unpaired) electrons. The van der Waals surface area contributed by atoms with Gasteiger partial charge in [-0.05, 0) is 37.0 Å². The highest BCUT2D eigenvalue weighted by molar-refractivity contribution is 7.12. The normalized spacial score (nSPS) is 12.9. The topological polar surface area (TPSA) is 12.0 Å². The van der Waals surface area contributed by atoms with E-state index in [-0.39, 0.29) is 0 Å². The van der Waals surface area contributed by atoms with Crippen molar-refractivity contribution < 1.29 is 0 Å². The minimum Gasteiger partial charge on any atom is -0.312 e. The molecule has 0 saturated carbocycles. The zero-order valence-corrected chi connectivity index (χ0v) is 12.4. The summed E-state index contributed by atoms with van der Waals surface area (Å²) in [5.41, 5.74) is 0. The van der Waals surface area contributed by atoms with Crippen LogP contribution in [0.5, 0.6) is 0 Å². The lowest BCUT2D eigenvalue weighted by Crippen LogP contribution is -2.17. The minimum absolute atomic E-state index is 0.325. The van der Waals surface area contributed by atoms with Gasteiger partial charge in [0.1, 0.15) is 0 Å². The fourth-order valence-corrected chi connectivity index (χ4v) is 4.11. The van der Waals surface area contributed by atoms with E-state index in [1.807, 2.05) is 29.8 Å². The molecule has 0 amide bonds. The molecule has 4 heteroatoms. The Morgan fingerprint density at radius 2 is 2.06 bits per heavy atom. The summed E-state index contributed by atoms with van der Waals surface area (Å²) in [5, 5.41) is 6.28. The molecule has 0 aliphatic heterocycles. The predicted octanol–water partition coefficient (Wildman–Crippen LogP) is 4.53. The Morgan fingerprint density at radius 1 is 1.29 bits per heavy atom. The van der Waals surface area contributed by atoms with Crippen LogP contribution in [0.25, 0.3) is 0 Å². The van der Waals surface area contributed by atoms with Crippen molar-refractivity contribution in [2.24, 2.45) is 0 Å². The van der Waals surface area contributed by atoms with Gasteiger partial charge in [-0.3, -0.25) is 0 Å². The van der Waals surface area contributed by atoms with Gasteiger partial charge in [0.15, 0.2) is 0 Å². The van der Waals surface area contributed by atoms with Gasteiger partial charge in [0.05, 0.1) is 5.02 Å². The maximum atomic E-state index is 6.19. The van der Waals surface area contributed by atoms with Gasteiger partial charge in [-0.2, -0.15) is 0 Å². The first kappa shape index (κ1) is 13.1. The number of rotatable bonds is 5. The van der Waals surface area contributed by atoms with Gasteiger partial charge in [-0.1, -0.05) is 18.5 Å². The molecule has 2 aromatic rings. The van der Waals surface area contributed by atoms with E-state index < -0.39 is 0 Å². The van der Waals surface area contributed by atoms with E-state index in [2.05, 4.69) is 24.4 Å². The van der Waals surface area contributed by atoms with Crippen LogP contribution < -0.4 is 5.32 Å². The van der Waals surface area contributed by atoms with Crippen LogP contribution in [0.1, 0.15) is 27.6 Å². The number of halogens is 1. The Balaban J connectivity index is 2.12. The van der Waals surface area contributed by atoms with Gasteiger partial charge < -0.3 is 5.32 Å². The van der Waals surface area contributed by atoms with Crippen molar-refractivity contribution in [2.75, 3.05) is 7.05 Å². The Hall–Kier alpha value is -0.350. The summed E-state index contributed by atoms with van der Waals surface area (Å²) >= 11 is 9.81. The third-order valence-corrected chi connectivity index (χ3v) is 5.50. The summed E-state index contributed by atoms with van der Waals surface area (Å²) in [7, 11) is 2.00. The zero-order valence-electron chi connectivity index (χ0n) is 10.00. The van der Waals surface area contributed by atoms with Crippen LogP contribution in [0.3, 0.4) is 0 Å². The lowest BCUT2D eigenvalue weighted by atomic mass is 10.1. The van der Waals surface area contributed by atoms with E-state index in [1.54, 1.807) is 11.3 Å². The molecule has 1 unspecified atom stereocenters. The number of hydrogen-bond acceptors (Lipinski definition) is 3. The molecule has 0 aromatic carbocycles. The molecule has 2 rings (SSSR count). The van der Waals surface area contributed by atoms with E-state index in [9.17, 15) is 0 Å². The largest absolute Gasteiger partial charge is 0.312 e. The molecule has 0 aliphatic carbocycles. The lowest BCUT2D eigenvalue weighted by Gasteiger charge is -2.14. The van der Waals surface area contributed by atoms with E-state index in [0.29, 0.717) is 6.04 Å². The highest BCUT2D eigenvalue weighted by Gasteiger charge is 2.15. The van der Waals surface area contributed by atoms with Crippen molar-refractivity contribution in [1.29, 1.82) is 0 Å². The molecule has 2 aromatic heterocycles. The van der Waals surface area contributed by atoms with Crippen molar-refractivity contribution >= 4 is 34.3 Å². The first-order valence-electron chi connectivity index (χ1n) is 5.72. The zero-order chi connectivity index (χ0) is 12.3. The second-order valence-corrected chi connectivity index (χ2v) is 6.51. The summed E-state index contributed by atoms with van der Waals surface area (Å²) < 4.78 is 0. The number of likely N-dealkylation sites (N-methyl/N-ethyl adjacent to an activating group) is 1. The number of nitrogens with one attached hydrogen (secondary N) is 1. The van der Waals surface area contributed by atoms with Crippen LogP contribution >= 0.6 is 34.3 Å². The first-order chi connectivity index (χ1) is 8.24. The van der Waals surface area contributed by atoms with Crippen molar-refractivity contribution in [3.05, 3.63) is 43.2 Å². The molecule has 0 saturated heterocycles. The van der Waals surface area contributed by atoms with Crippen LogP contribution in [0.4, 0.5) is 0 Å². The summed E-state index contributed by atoms with van der Waals surface area (Å²) in [6, 6.07) is 6.75. The molecule has 2 heterocycles. The summed E-state index contributed by atoms with van der Waals surface area (Å²) in [4.78, 5) is 4.11. The summed E-state index contributed by atoms with van der Waals surface area (Å²) in [6.45, 7) is 2.20. The molecular weight excluding hydrogens is 270 g/mol. The van der Waals surface area contributed by atoms with Crippen LogP contribution in [-0.2, 0) is 12.8 Å². The molecule has 17 heavy (non-hydrogen) atoms. The average Bonchev–Trinajstić information content (AvgIpc) is 2.95. The van der Waals surface area contributed by atoms with Gasteiger partial charge in [-0.25, -0.2) is 0 Å². The first-order valence-corrected chi connectivity index (χ1v) is 7.79. The van der Waals surface area contributed by atoms with Gasteiger partial charge in [0.25, 0.3) is 0 Å². The molecule has 0 spiro atoms. The second kappa shape index (κ2) is 6.01. The van der Waals surface area contributed by atoms with Crippen LogP contribution in [0.15, 0.2) is 23.6 Å². The average molecular weight is 286 g/mol. The predicted molar refractivity (Wildman–Crippen MR) is 78.5 cm³/mol. The molecule has 1 atom stereocenters. The summed E-state index contributed by atoms with van der Waals surface area (Å²) in [5.74, 6) is 0. The van der Waals surface area contributed by atoms with Crippen molar-refractivity contribution in [3.8, 4) is 0 Å². The molecule has 1 N–H and O–H groups in total. The molecular formula is C13H16ClNS2. The Labute approximate surface area is 115 Å². The number of aryl methyl sites for hydroxylation is 1. The van der Waals surface area contributed by atoms with E-state index in [4.69, 9.17) is 11.6 Å². The number of thiophene rings is 2. The fraction of sp³-hybridized carbons (Fsp3) is 0.385. The highest BCUT2D eigenvalue weighted by atomic mass is 35.5. The standard InChI is InChI=1S/C13H16ClNS2/c1-3-9-4-5-10(17-9)8-12(15-2)13-11(14)6-7-16-13/h4-7,12,15H,3,8H2,1-2H3. The van der Waals surface area contributed by atoms with Gasteiger partial charge in [0.2, 0.25) is 0 Å². The molecule has 92 valence electrons. The second-order valence-electron chi connectivity index (χ2n) is 3.90. The Morgan fingerprint density at radius 3 is 2.59 bits per heavy atom. The Kier molecular flexibility index (Phi) is 4.62. The van der Waals surface area contributed by atoms with E-state index >= 15 is 0 Å². The molecule has 0 fully saturated rings. The maximum Gasteiger partial charge on any atom is 0.0561 e. The molecule has 1 nitrogen and oxygen atoms in total. The lowest BCUT2D eigenvalue weighted by molar-refractivity contribution is 0.607. The SMILES string of the molecule is CCc1ccc(CC(NC)c2sccc2Cl)s1. The maximum absolute atomic E-state index is 6.19. The van der Waals surface area contributed by atoms with Crippen LogP contribution in [-0.4, -0.2) is 7.05 Å². The summed E-state index contributed by atoms with van der Waals surface area (Å²) in [6.07, 6.45) is 2.13. The van der Waals surface area contributed by atoms with E-state index in [1.165, 1.54) is 14.6 Å². The van der Waals surface area contributed by atoms with Crippen LogP contribution in [0.2, 0.25) is 5.02 Å². The minimum atomic E-state index is 0.325. The van der Waals surface area contributed by atoms with Gasteiger partial charge in [-0.15, -0.1) is 22.7 Å². The smallest absolute Gasteiger partial charge is 0.0561 e. The van der Waals surface area contributed by atoms with Gasteiger partial charge >= 0.3 is 0 Å².